The molecule has 0 aromatic heterocycles. The maximum Gasteiger partial charge on any atom is 0.119 e. The SMILES string of the molecule is CNC(c1cccc(OC)c1)C(C)(C)CCN. The van der Waals surface area contributed by atoms with Gasteiger partial charge in [0.05, 0.1) is 7.11 Å². The van der Waals surface area contributed by atoms with Gasteiger partial charge in [-0.2, -0.15) is 0 Å². The Morgan fingerprint density at radius 1 is 1.41 bits per heavy atom. The Hall–Kier alpha value is -1.06. The molecule has 96 valence electrons. The van der Waals surface area contributed by atoms with Crippen LogP contribution in [-0.4, -0.2) is 20.7 Å². The number of methoxy groups -OCH3 is 1. The van der Waals surface area contributed by atoms with Gasteiger partial charge in [0.1, 0.15) is 5.75 Å². The van der Waals surface area contributed by atoms with Crippen LogP contribution in [0, 0.1) is 5.41 Å². The number of hydrogen-bond donors (Lipinski definition) is 2. The normalized spacial score (nSPS) is 13.5. The monoisotopic (exact) mass is 236 g/mol. The largest absolute Gasteiger partial charge is 0.497 e. The van der Waals surface area contributed by atoms with Crippen LogP contribution in [0.25, 0.3) is 0 Å². The third kappa shape index (κ3) is 3.45. The van der Waals surface area contributed by atoms with E-state index in [0.717, 1.165) is 12.2 Å². The minimum Gasteiger partial charge on any atom is -0.497 e. The van der Waals surface area contributed by atoms with Crippen molar-refractivity contribution in [3.8, 4) is 5.75 Å². The lowest BCUT2D eigenvalue weighted by Crippen LogP contribution is -2.33. The Morgan fingerprint density at radius 3 is 2.65 bits per heavy atom. The predicted octanol–water partition coefficient (Wildman–Crippen LogP) is 2.33. The summed E-state index contributed by atoms with van der Waals surface area (Å²) in [6.45, 7) is 5.18. The molecular formula is C14H24N2O. The second-order valence-electron chi connectivity index (χ2n) is 5.03. The molecule has 3 nitrogen and oxygen atoms in total. The molecule has 1 aromatic rings. The lowest BCUT2D eigenvalue weighted by molar-refractivity contribution is 0.239. The first kappa shape index (κ1) is 14.0. The van der Waals surface area contributed by atoms with Crippen molar-refractivity contribution in [3.05, 3.63) is 29.8 Å². The number of nitrogens with two attached hydrogens (primary N) is 1. The fraction of sp³-hybridized carbons (Fsp3) is 0.571. The van der Waals surface area contributed by atoms with E-state index in [-0.39, 0.29) is 11.5 Å². The van der Waals surface area contributed by atoms with Crippen molar-refractivity contribution in [2.75, 3.05) is 20.7 Å². The number of nitrogens with one attached hydrogen (secondary N) is 1. The average molecular weight is 236 g/mol. The molecule has 1 unspecified atom stereocenters. The number of hydrogen-bond acceptors (Lipinski definition) is 3. The third-order valence-electron chi connectivity index (χ3n) is 3.29. The highest BCUT2D eigenvalue weighted by Crippen LogP contribution is 2.36. The minimum absolute atomic E-state index is 0.121. The van der Waals surface area contributed by atoms with Gasteiger partial charge in [-0.25, -0.2) is 0 Å². The van der Waals surface area contributed by atoms with Crippen LogP contribution in [0.2, 0.25) is 0 Å². The summed E-state index contributed by atoms with van der Waals surface area (Å²) in [6.07, 6.45) is 0.982. The molecule has 0 heterocycles. The van der Waals surface area contributed by atoms with E-state index < -0.39 is 0 Å². The van der Waals surface area contributed by atoms with E-state index in [2.05, 4.69) is 31.3 Å². The molecule has 0 aliphatic rings. The van der Waals surface area contributed by atoms with E-state index in [9.17, 15) is 0 Å². The molecule has 0 amide bonds. The molecule has 1 rings (SSSR count). The quantitative estimate of drug-likeness (QED) is 0.797. The van der Waals surface area contributed by atoms with E-state index >= 15 is 0 Å². The Balaban J connectivity index is 3.00. The van der Waals surface area contributed by atoms with E-state index in [4.69, 9.17) is 10.5 Å². The van der Waals surface area contributed by atoms with Gasteiger partial charge in [-0.1, -0.05) is 26.0 Å². The minimum atomic E-state index is 0.121. The molecular weight excluding hydrogens is 212 g/mol. The molecule has 0 spiro atoms. The van der Waals surface area contributed by atoms with Gasteiger partial charge in [-0.05, 0) is 43.1 Å². The first-order valence-corrected chi connectivity index (χ1v) is 6.06. The van der Waals surface area contributed by atoms with Gasteiger partial charge < -0.3 is 15.8 Å². The molecule has 3 heteroatoms. The van der Waals surface area contributed by atoms with Crippen LogP contribution in [0.3, 0.4) is 0 Å². The van der Waals surface area contributed by atoms with Crippen LogP contribution in [0.1, 0.15) is 31.9 Å². The topological polar surface area (TPSA) is 47.3 Å². The highest BCUT2D eigenvalue weighted by molar-refractivity contribution is 5.31. The molecule has 0 bridgehead atoms. The molecule has 0 aliphatic heterocycles. The molecule has 0 saturated heterocycles. The maximum atomic E-state index is 5.69. The van der Waals surface area contributed by atoms with E-state index in [1.807, 2.05) is 19.2 Å². The second kappa shape index (κ2) is 6.03. The van der Waals surface area contributed by atoms with E-state index in [0.29, 0.717) is 6.54 Å². The van der Waals surface area contributed by atoms with Crippen molar-refractivity contribution < 1.29 is 4.74 Å². The van der Waals surface area contributed by atoms with Crippen molar-refractivity contribution in [2.24, 2.45) is 11.1 Å². The fourth-order valence-electron chi connectivity index (χ4n) is 2.35. The third-order valence-corrected chi connectivity index (χ3v) is 3.29. The van der Waals surface area contributed by atoms with Crippen molar-refractivity contribution >= 4 is 0 Å². The van der Waals surface area contributed by atoms with Crippen LogP contribution in [-0.2, 0) is 0 Å². The van der Waals surface area contributed by atoms with Gasteiger partial charge >= 0.3 is 0 Å². The summed E-state index contributed by atoms with van der Waals surface area (Å²) in [4.78, 5) is 0. The Kier molecular flexibility index (Phi) is 4.97. The number of benzene rings is 1. The summed E-state index contributed by atoms with van der Waals surface area (Å²) in [7, 11) is 3.68. The van der Waals surface area contributed by atoms with Gasteiger partial charge in [-0.15, -0.1) is 0 Å². The summed E-state index contributed by atoms with van der Waals surface area (Å²) < 4.78 is 5.27. The van der Waals surface area contributed by atoms with Crippen LogP contribution >= 0.6 is 0 Å². The molecule has 0 radical (unpaired) electrons. The molecule has 1 atom stereocenters. The number of rotatable bonds is 6. The lowest BCUT2D eigenvalue weighted by Gasteiger charge is -2.34. The molecule has 0 aliphatic carbocycles. The van der Waals surface area contributed by atoms with Gasteiger partial charge in [0.15, 0.2) is 0 Å². The van der Waals surface area contributed by atoms with E-state index in [1.165, 1.54) is 5.56 Å². The highest BCUT2D eigenvalue weighted by atomic mass is 16.5. The average Bonchev–Trinajstić information content (AvgIpc) is 2.29. The Labute approximate surface area is 104 Å². The Bertz CT molecular complexity index is 350. The van der Waals surface area contributed by atoms with Crippen LogP contribution in [0.4, 0.5) is 0 Å². The standard InChI is InChI=1S/C14H24N2O/c1-14(2,8-9-15)13(16-3)11-6-5-7-12(10-11)17-4/h5-7,10,13,16H,8-9,15H2,1-4H3. The van der Waals surface area contributed by atoms with Crippen LogP contribution in [0.5, 0.6) is 5.75 Å². The van der Waals surface area contributed by atoms with Gasteiger partial charge in [-0.3, -0.25) is 0 Å². The molecule has 1 aromatic carbocycles. The Morgan fingerprint density at radius 2 is 2.12 bits per heavy atom. The summed E-state index contributed by atoms with van der Waals surface area (Å²) >= 11 is 0. The van der Waals surface area contributed by atoms with E-state index in [1.54, 1.807) is 7.11 Å². The van der Waals surface area contributed by atoms with Crippen molar-refractivity contribution in [1.82, 2.24) is 5.32 Å². The van der Waals surface area contributed by atoms with Crippen LogP contribution in [0.15, 0.2) is 24.3 Å². The highest BCUT2D eigenvalue weighted by Gasteiger charge is 2.28. The molecule has 17 heavy (non-hydrogen) atoms. The summed E-state index contributed by atoms with van der Waals surface area (Å²) in [5.74, 6) is 0.895. The smallest absolute Gasteiger partial charge is 0.119 e. The van der Waals surface area contributed by atoms with Crippen molar-refractivity contribution in [1.29, 1.82) is 0 Å². The van der Waals surface area contributed by atoms with Crippen LogP contribution < -0.4 is 15.8 Å². The summed E-state index contributed by atoms with van der Waals surface area (Å²) in [6, 6.07) is 8.48. The molecule has 3 N–H and O–H groups in total. The summed E-state index contributed by atoms with van der Waals surface area (Å²) in [5, 5.41) is 3.38. The first-order valence-electron chi connectivity index (χ1n) is 6.06. The fourth-order valence-corrected chi connectivity index (χ4v) is 2.35. The first-order chi connectivity index (χ1) is 8.05. The predicted molar refractivity (Wildman–Crippen MR) is 72.2 cm³/mol. The van der Waals surface area contributed by atoms with Gasteiger partial charge in [0.2, 0.25) is 0 Å². The maximum absolute atomic E-state index is 5.69. The van der Waals surface area contributed by atoms with Gasteiger partial charge in [0.25, 0.3) is 0 Å². The van der Waals surface area contributed by atoms with Crippen molar-refractivity contribution in [2.45, 2.75) is 26.3 Å². The summed E-state index contributed by atoms with van der Waals surface area (Å²) in [5.41, 5.74) is 7.05. The van der Waals surface area contributed by atoms with Crippen molar-refractivity contribution in [3.63, 3.8) is 0 Å². The number of ether oxygens (including phenoxy) is 1. The zero-order valence-electron chi connectivity index (χ0n) is 11.3. The van der Waals surface area contributed by atoms with Gasteiger partial charge in [0, 0.05) is 6.04 Å². The zero-order valence-corrected chi connectivity index (χ0v) is 11.3. The second-order valence-corrected chi connectivity index (χ2v) is 5.03. The molecule has 0 saturated carbocycles. The zero-order chi connectivity index (χ0) is 12.9. The molecule has 0 fully saturated rings. The lowest BCUT2D eigenvalue weighted by atomic mass is 9.78.